The summed E-state index contributed by atoms with van der Waals surface area (Å²) in [7, 11) is 0. The summed E-state index contributed by atoms with van der Waals surface area (Å²) in [5.74, 6) is 0. The van der Waals surface area contributed by atoms with Gasteiger partial charge < -0.3 is 10.8 Å². The van der Waals surface area contributed by atoms with Crippen molar-refractivity contribution in [2.45, 2.75) is 0 Å². The molecule has 1 heterocycles. The Hall–Kier alpha value is -3.47. The Kier molecular flexibility index (Phi) is 6.23. The molecule has 0 saturated heterocycles. The van der Waals surface area contributed by atoms with Gasteiger partial charge in [-0.1, -0.05) is 48.5 Å². The van der Waals surface area contributed by atoms with Gasteiger partial charge in [0.05, 0.1) is 0 Å². The lowest BCUT2D eigenvalue weighted by atomic mass is 10.0. The largest absolute Gasteiger partial charge is 0.465 e. The van der Waals surface area contributed by atoms with Crippen molar-refractivity contribution in [3.8, 4) is 0 Å². The van der Waals surface area contributed by atoms with Crippen molar-refractivity contribution in [3.05, 3.63) is 85.5 Å². The van der Waals surface area contributed by atoms with Gasteiger partial charge in [0, 0.05) is 12.4 Å². The van der Waals surface area contributed by atoms with Gasteiger partial charge in [-0.05, 0) is 39.7 Å². The molecule has 4 rings (SSSR count). The molecule has 0 atom stereocenters. The topological polar surface area (TPSA) is 89.1 Å². The van der Waals surface area contributed by atoms with Crippen molar-refractivity contribution in [3.63, 3.8) is 0 Å². The normalized spacial score (nSPS) is 9.33. The average molecular weight is 319 g/mol. The molecule has 1 amide bonds. The lowest BCUT2D eigenvalue weighted by Crippen LogP contribution is -2.03. The highest BCUT2D eigenvalue weighted by atomic mass is 16.4. The Labute approximate surface area is 139 Å². The number of nitrogens with zero attached hydrogens (tertiary/aromatic N) is 2. The number of primary amides is 1. The molecule has 120 valence electrons. The number of benzene rings is 3. The van der Waals surface area contributed by atoms with Crippen LogP contribution in [0.1, 0.15) is 0 Å². The maximum Gasteiger partial charge on any atom is 0.402 e. The number of nitrogens with two attached hydrogens (primary N) is 1. The monoisotopic (exact) mass is 319 g/mol. The number of aromatic nitrogens is 2. The molecule has 5 heteroatoms. The summed E-state index contributed by atoms with van der Waals surface area (Å²) in [6, 6.07) is 23.2. The van der Waals surface area contributed by atoms with E-state index in [-0.39, 0.29) is 0 Å². The van der Waals surface area contributed by atoms with E-state index in [9.17, 15) is 0 Å². The number of carboxylic acid groups (broad SMARTS) is 1. The predicted octanol–water partition coefficient (Wildman–Crippen LogP) is 4.09. The molecular formula is C19H17N3O2. The fourth-order valence-electron chi connectivity index (χ4n) is 2.14. The van der Waals surface area contributed by atoms with E-state index in [1.54, 1.807) is 18.5 Å². The Morgan fingerprint density at radius 3 is 1.29 bits per heavy atom. The molecule has 0 bridgehead atoms. The third-order valence-corrected chi connectivity index (χ3v) is 3.09. The van der Waals surface area contributed by atoms with Gasteiger partial charge in [0.2, 0.25) is 0 Å². The number of hydrogen-bond acceptors (Lipinski definition) is 3. The molecule has 0 unspecified atom stereocenters. The van der Waals surface area contributed by atoms with Crippen molar-refractivity contribution in [2.75, 3.05) is 0 Å². The van der Waals surface area contributed by atoms with E-state index in [0.29, 0.717) is 0 Å². The van der Waals surface area contributed by atoms with Gasteiger partial charge in [-0.3, -0.25) is 0 Å². The Morgan fingerprint density at radius 2 is 1.08 bits per heavy atom. The van der Waals surface area contributed by atoms with Crippen molar-refractivity contribution in [2.24, 2.45) is 5.73 Å². The first-order valence-corrected chi connectivity index (χ1v) is 7.23. The summed E-state index contributed by atoms with van der Waals surface area (Å²) in [5.41, 5.74) is 4.03. The van der Waals surface area contributed by atoms with E-state index >= 15 is 0 Å². The van der Waals surface area contributed by atoms with Gasteiger partial charge in [-0.25, -0.2) is 14.8 Å². The first kappa shape index (κ1) is 16.9. The zero-order chi connectivity index (χ0) is 17.2. The second kappa shape index (κ2) is 8.85. The average Bonchev–Trinajstić information content (AvgIpc) is 2.61. The minimum absolute atomic E-state index is 1.31. The van der Waals surface area contributed by atoms with E-state index in [1.165, 1.54) is 27.9 Å². The molecule has 0 aliphatic carbocycles. The SMILES string of the molecule is NC(=O)O.c1ccc2cc3ccccc3cc2c1.c1cncnc1. The van der Waals surface area contributed by atoms with Crippen LogP contribution in [-0.2, 0) is 0 Å². The van der Waals surface area contributed by atoms with Crippen molar-refractivity contribution < 1.29 is 9.90 Å². The Morgan fingerprint density at radius 1 is 0.750 bits per heavy atom. The molecule has 0 radical (unpaired) electrons. The zero-order valence-corrected chi connectivity index (χ0v) is 12.9. The van der Waals surface area contributed by atoms with Crippen LogP contribution in [0.15, 0.2) is 85.5 Å². The summed E-state index contributed by atoms with van der Waals surface area (Å²) >= 11 is 0. The van der Waals surface area contributed by atoms with Crippen LogP contribution in [0.5, 0.6) is 0 Å². The highest BCUT2D eigenvalue weighted by Crippen LogP contribution is 2.21. The smallest absolute Gasteiger partial charge is 0.402 e. The first-order valence-electron chi connectivity index (χ1n) is 7.23. The molecule has 0 saturated carbocycles. The standard InChI is InChI=1S/C14H10.C4H4N2.CH3NO2/c1-2-6-12-10-14-8-4-3-7-13(14)9-11(12)5-1;1-2-5-4-6-3-1;2-1(3)4/h1-10H;1-4H;2H2,(H,3,4). The second-order valence-electron chi connectivity index (χ2n) is 4.79. The van der Waals surface area contributed by atoms with Crippen LogP contribution in [0, 0.1) is 0 Å². The highest BCUT2D eigenvalue weighted by molar-refractivity contribution is 5.98. The fourth-order valence-corrected chi connectivity index (χ4v) is 2.14. The molecule has 0 spiro atoms. The molecule has 0 fully saturated rings. The van der Waals surface area contributed by atoms with E-state index < -0.39 is 6.09 Å². The van der Waals surface area contributed by atoms with E-state index in [4.69, 9.17) is 9.90 Å². The van der Waals surface area contributed by atoms with Gasteiger partial charge in [0.15, 0.2) is 0 Å². The van der Waals surface area contributed by atoms with Crippen LogP contribution in [-0.4, -0.2) is 21.2 Å². The summed E-state index contributed by atoms with van der Waals surface area (Å²) < 4.78 is 0. The maximum atomic E-state index is 8.78. The third-order valence-electron chi connectivity index (χ3n) is 3.09. The molecule has 3 N–H and O–H groups in total. The minimum Gasteiger partial charge on any atom is -0.465 e. The van der Waals surface area contributed by atoms with Crippen LogP contribution in [0.25, 0.3) is 21.5 Å². The lowest BCUT2D eigenvalue weighted by molar-refractivity contribution is 0.205. The van der Waals surface area contributed by atoms with E-state index in [2.05, 4.69) is 76.4 Å². The molecule has 0 aliphatic rings. The summed E-state index contributed by atoms with van der Waals surface area (Å²) in [5, 5.41) is 12.4. The second-order valence-corrected chi connectivity index (χ2v) is 4.79. The van der Waals surface area contributed by atoms with Crippen LogP contribution in [0.3, 0.4) is 0 Å². The maximum absolute atomic E-state index is 8.78. The molecule has 3 aromatic carbocycles. The van der Waals surface area contributed by atoms with Crippen LogP contribution >= 0.6 is 0 Å². The third kappa shape index (κ3) is 5.38. The molecule has 1 aromatic heterocycles. The zero-order valence-electron chi connectivity index (χ0n) is 12.9. The van der Waals surface area contributed by atoms with Gasteiger partial charge in [0.1, 0.15) is 6.33 Å². The molecule has 5 nitrogen and oxygen atoms in total. The van der Waals surface area contributed by atoms with E-state index in [0.717, 1.165) is 0 Å². The lowest BCUT2D eigenvalue weighted by Gasteiger charge is -2.00. The predicted molar refractivity (Wildman–Crippen MR) is 95.7 cm³/mol. The van der Waals surface area contributed by atoms with Crippen LogP contribution < -0.4 is 5.73 Å². The summed E-state index contributed by atoms with van der Waals surface area (Å²) in [6.07, 6.45) is 3.54. The number of fused-ring (bicyclic) bond motifs is 2. The van der Waals surface area contributed by atoms with Crippen molar-refractivity contribution in [1.29, 1.82) is 0 Å². The van der Waals surface area contributed by atoms with Gasteiger partial charge in [-0.2, -0.15) is 0 Å². The van der Waals surface area contributed by atoms with Gasteiger partial charge in [-0.15, -0.1) is 0 Å². The van der Waals surface area contributed by atoms with Crippen molar-refractivity contribution >= 4 is 27.6 Å². The molecule has 4 aromatic rings. The summed E-state index contributed by atoms with van der Waals surface area (Å²) in [4.78, 5) is 16.1. The summed E-state index contributed by atoms with van der Waals surface area (Å²) in [6.45, 7) is 0. The van der Waals surface area contributed by atoms with Gasteiger partial charge in [0.25, 0.3) is 0 Å². The number of hydrogen-bond donors (Lipinski definition) is 2. The number of rotatable bonds is 0. The van der Waals surface area contributed by atoms with Crippen molar-refractivity contribution in [1.82, 2.24) is 9.97 Å². The van der Waals surface area contributed by atoms with E-state index in [1.807, 2.05) is 0 Å². The molecular weight excluding hydrogens is 302 g/mol. The molecule has 24 heavy (non-hydrogen) atoms. The fraction of sp³-hybridized carbons (Fsp3) is 0. The Balaban J connectivity index is 0.000000174. The minimum atomic E-state index is -1.33. The number of amides is 1. The quantitative estimate of drug-likeness (QED) is 0.478. The van der Waals surface area contributed by atoms with Crippen LogP contribution in [0.2, 0.25) is 0 Å². The molecule has 0 aliphatic heterocycles. The first-order chi connectivity index (χ1) is 11.7. The number of carbonyl (C=O) groups is 1. The highest BCUT2D eigenvalue weighted by Gasteiger charge is 1.95. The van der Waals surface area contributed by atoms with Crippen LogP contribution in [0.4, 0.5) is 4.79 Å². The van der Waals surface area contributed by atoms with Gasteiger partial charge >= 0.3 is 6.09 Å². The Bertz CT molecular complexity index is 776.